The summed E-state index contributed by atoms with van der Waals surface area (Å²) < 4.78 is 36.7. The van der Waals surface area contributed by atoms with Crippen molar-refractivity contribution in [2.45, 2.75) is 0 Å². The number of hydrogen-bond acceptors (Lipinski definition) is 4. The van der Waals surface area contributed by atoms with E-state index in [1.807, 2.05) is 0 Å². The van der Waals surface area contributed by atoms with E-state index in [9.17, 15) is 0 Å². The second-order valence-corrected chi connectivity index (χ2v) is 3.80. The van der Waals surface area contributed by atoms with Gasteiger partial charge in [-0.25, -0.2) is 0 Å². The molecule has 1 fully saturated rings. The largest absolute Gasteiger partial charge is 0.394 e. The van der Waals surface area contributed by atoms with Crippen LogP contribution in [-0.4, -0.2) is 60.6 Å². The molecule has 0 spiro atoms. The van der Waals surface area contributed by atoms with Crippen LogP contribution in [0.4, 0.5) is 0 Å². The molecule has 0 aliphatic carbocycles. The lowest BCUT2D eigenvalue weighted by Gasteiger charge is -2.26. The van der Waals surface area contributed by atoms with Crippen molar-refractivity contribution in [2.75, 3.05) is 26.3 Å². The summed E-state index contributed by atoms with van der Waals surface area (Å²) in [5, 5.41) is 7.44. The van der Waals surface area contributed by atoms with Gasteiger partial charge in [0.15, 0.2) is 5.96 Å². The van der Waals surface area contributed by atoms with Gasteiger partial charge in [0, 0.05) is 13.1 Å². The summed E-state index contributed by atoms with van der Waals surface area (Å²) in [7, 11) is -4.67. The fourth-order valence-electron chi connectivity index (χ4n) is 0.968. The molecule has 1 aliphatic rings. The standard InChI is InChI=1S/C6H13N5O.H2O4S/c7-5(8)10-6(9)11-1-3-12-4-2-11;1-5(2,3)4/h1-4H2,(H5,7,8,9,10);(H2,1,2,3,4). The molecule has 1 saturated heterocycles. The third-order valence-electron chi connectivity index (χ3n) is 1.55. The molecular formula is C6H15N5O5S. The van der Waals surface area contributed by atoms with Crippen molar-refractivity contribution >= 4 is 22.3 Å². The minimum atomic E-state index is -4.67. The summed E-state index contributed by atoms with van der Waals surface area (Å²) >= 11 is 0. The minimum absolute atomic E-state index is 0.0773. The van der Waals surface area contributed by atoms with Crippen LogP contribution in [-0.2, 0) is 15.1 Å². The Morgan fingerprint density at radius 2 is 1.71 bits per heavy atom. The van der Waals surface area contributed by atoms with Gasteiger partial charge in [-0.1, -0.05) is 0 Å². The maximum Gasteiger partial charge on any atom is 0.394 e. The summed E-state index contributed by atoms with van der Waals surface area (Å²) in [5.74, 6) is 0.0322. The van der Waals surface area contributed by atoms with E-state index in [-0.39, 0.29) is 11.9 Å². The van der Waals surface area contributed by atoms with Crippen LogP contribution in [0.3, 0.4) is 0 Å². The fourth-order valence-corrected chi connectivity index (χ4v) is 0.968. The van der Waals surface area contributed by atoms with Gasteiger partial charge in [0.2, 0.25) is 5.96 Å². The highest BCUT2D eigenvalue weighted by Crippen LogP contribution is 1.97. The first-order chi connectivity index (χ1) is 7.70. The zero-order valence-corrected chi connectivity index (χ0v) is 9.72. The number of rotatable bonds is 0. The predicted molar refractivity (Wildman–Crippen MR) is 60.1 cm³/mol. The molecule has 0 unspecified atom stereocenters. The van der Waals surface area contributed by atoms with Gasteiger partial charge in [-0.05, 0) is 0 Å². The molecule has 7 N–H and O–H groups in total. The molecule has 1 rings (SSSR count). The molecule has 1 heterocycles. The predicted octanol–water partition coefficient (Wildman–Crippen LogP) is -2.13. The Balaban J connectivity index is 0.000000437. The van der Waals surface area contributed by atoms with E-state index < -0.39 is 10.4 Å². The van der Waals surface area contributed by atoms with Crippen LogP contribution in [0.2, 0.25) is 0 Å². The Kier molecular flexibility index (Phi) is 6.42. The summed E-state index contributed by atoms with van der Waals surface area (Å²) in [4.78, 5) is 5.39. The lowest BCUT2D eigenvalue weighted by Crippen LogP contribution is -2.41. The highest BCUT2D eigenvalue weighted by atomic mass is 32.3. The lowest BCUT2D eigenvalue weighted by atomic mass is 10.4. The van der Waals surface area contributed by atoms with Crippen LogP contribution >= 0.6 is 0 Å². The van der Waals surface area contributed by atoms with Gasteiger partial charge in [0.25, 0.3) is 0 Å². The quantitative estimate of drug-likeness (QED) is 0.188. The van der Waals surface area contributed by atoms with Crippen LogP contribution in [0.1, 0.15) is 0 Å². The fraction of sp³-hybridized carbons (Fsp3) is 0.667. The molecule has 0 saturated carbocycles. The maximum atomic E-state index is 8.74. The number of guanidine groups is 2. The summed E-state index contributed by atoms with van der Waals surface area (Å²) in [5.41, 5.74) is 10.3. The topological polar surface area (TPSA) is 175 Å². The Morgan fingerprint density at radius 1 is 1.29 bits per heavy atom. The van der Waals surface area contributed by atoms with E-state index in [1.54, 1.807) is 4.90 Å². The number of nitrogens with two attached hydrogens (primary N) is 2. The van der Waals surface area contributed by atoms with Crippen molar-refractivity contribution in [3.8, 4) is 0 Å². The molecule has 1 aliphatic heterocycles. The van der Waals surface area contributed by atoms with Crippen molar-refractivity contribution in [3.63, 3.8) is 0 Å². The lowest BCUT2D eigenvalue weighted by molar-refractivity contribution is 0.0672. The van der Waals surface area contributed by atoms with E-state index in [0.717, 1.165) is 0 Å². The molecule has 0 aromatic carbocycles. The Bertz CT molecular complexity index is 362. The van der Waals surface area contributed by atoms with Crippen LogP contribution in [0.15, 0.2) is 4.99 Å². The number of aliphatic imine (C=N–C) groups is 1. The van der Waals surface area contributed by atoms with Gasteiger partial charge in [0.05, 0.1) is 13.2 Å². The smallest absolute Gasteiger partial charge is 0.378 e. The van der Waals surface area contributed by atoms with Crippen LogP contribution in [0.5, 0.6) is 0 Å². The van der Waals surface area contributed by atoms with E-state index >= 15 is 0 Å². The molecule has 0 aromatic rings. The molecule has 0 atom stereocenters. The first-order valence-corrected chi connectivity index (χ1v) is 5.80. The highest BCUT2D eigenvalue weighted by molar-refractivity contribution is 7.79. The molecule has 0 amide bonds. The van der Waals surface area contributed by atoms with Crippen LogP contribution in [0.25, 0.3) is 0 Å². The zero-order valence-electron chi connectivity index (χ0n) is 8.90. The SMILES string of the molecule is N=C(N=C(N)N)N1CCOCC1.O=S(=O)(O)O. The van der Waals surface area contributed by atoms with Crippen molar-refractivity contribution in [1.29, 1.82) is 5.41 Å². The van der Waals surface area contributed by atoms with Crippen molar-refractivity contribution in [2.24, 2.45) is 16.5 Å². The average molecular weight is 269 g/mol. The average Bonchev–Trinajstić information content (AvgIpc) is 2.15. The first-order valence-electron chi connectivity index (χ1n) is 4.41. The van der Waals surface area contributed by atoms with Crippen LogP contribution in [0, 0.1) is 5.41 Å². The molecular weight excluding hydrogens is 254 g/mol. The Labute approximate surface area is 98.3 Å². The maximum absolute atomic E-state index is 8.74. The van der Waals surface area contributed by atoms with Gasteiger partial charge < -0.3 is 21.1 Å². The zero-order chi connectivity index (χ0) is 13.5. The number of nitrogens with one attached hydrogen (secondary N) is 1. The molecule has 17 heavy (non-hydrogen) atoms. The normalized spacial score (nSPS) is 15.5. The second-order valence-electron chi connectivity index (χ2n) is 2.91. The first kappa shape index (κ1) is 15.6. The monoisotopic (exact) mass is 269 g/mol. The van der Waals surface area contributed by atoms with Gasteiger partial charge in [0.1, 0.15) is 0 Å². The summed E-state index contributed by atoms with van der Waals surface area (Å²) in [6.45, 7) is 2.61. The summed E-state index contributed by atoms with van der Waals surface area (Å²) in [6.07, 6.45) is 0. The summed E-state index contributed by atoms with van der Waals surface area (Å²) in [6, 6.07) is 0. The number of morpholine rings is 1. The molecule has 0 aromatic heterocycles. The second kappa shape index (κ2) is 7.01. The van der Waals surface area contributed by atoms with Crippen molar-refractivity contribution in [3.05, 3.63) is 0 Å². The van der Waals surface area contributed by atoms with Crippen molar-refractivity contribution in [1.82, 2.24) is 4.90 Å². The molecule has 100 valence electrons. The van der Waals surface area contributed by atoms with E-state index in [0.29, 0.717) is 26.3 Å². The minimum Gasteiger partial charge on any atom is -0.378 e. The Morgan fingerprint density at radius 3 is 2.06 bits per heavy atom. The van der Waals surface area contributed by atoms with Gasteiger partial charge in [-0.3, -0.25) is 14.5 Å². The van der Waals surface area contributed by atoms with E-state index in [1.165, 1.54) is 0 Å². The van der Waals surface area contributed by atoms with Crippen LogP contribution < -0.4 is 11.5 Å². The van der Waals surface area contributed by atoms with E-state index in [4.69, 9.17) is 39.1 Å². The molecule has 11 heteroatoms. The number of ether oxygens (including phenoxy) is 1. The van der Waals surface area contributed by atoms with Gasteiger partial charge >= 0.3 is 10.4 Å². The molecule has 0 radical (unpaired) electrons. The van der Waals surface area contributed by atoms with Gasteiger partial charge in [-0.2, -0.15) is 13.4 Å². The highest BCUT2D eigenvalue weighted by Gasteiger charge is 2.12. The van der Waals surface area contributed by atoms with Crippen molar-refractivity contribution < 1.29 is 22.3 Å². The Hall–Kier alpha value is -1.43. The number of hydrogen-bond donors (Lipinski definition) is 5. The van der Waals surface area contributed by atoms with E-state index in [2.05, 4.69) is 4.99 Å². The molecule has 0 bridgehead atoms. The molecule has 10 nitrogen and oxygen atoms in total. The number of nitrogens with zero attached hydrogens (tertiary/aromatic N) is 2. The third-order valence-corrected chi connectivity index (χ3v) is 1.55. The van der Waals surface area contributed by atoms with Gasteiger partial charge in [-0.15, -0.1) is 0 Å². The third kappa shape index (κ3) is 10.8.